The molecule has 0 bridgehead atoms. The number of pyridine rings is 1. The Labute approximate surface area is 136 Å². The van der Waals surface area contributed by atoms with Gasteiger partial charge >= 0.3 is 0 Å². The number of carbonyl (C=O) groups is 1. The van der Waals surface area contributed by atoms with Crippen molar-refractivity contribution in [2.45, 2.75) is 13.5 Å². The summed E-state index contributed by atoms with van der Waals surface area (Å²) in [5.74, 6) is 7.87. The van der Waals surface area contributed by atoms with Gasteiger partial charge in [0.05, 0.1) is 5.69 Å². The van der Waals surface area contributed by atoms with Crippen molar-refractivity contribution in [1.29, 1.82) is 0 Å². The molecule has 1 heterocycles. The molecule has 1 amide bonds. The molecule has 23 heavy (non-hydrogen) atoms. The Bertz CT molecular complexity index is 681. The number of aryl methyl sites for hydroxylation is 1. The number of amides is 1. The summed E-state index contributed by atoms with van der Waals surface area (Å²) < 4.78 is 5.81. The molecule has 0 radical (unpaired) electrons. The topological polar surface area (TPSA) is 89.3 Å². The summed E-state index contributed by atoms with van der Waals surface area (Å²) in [6.45, 7) is 2.34. The highest BCUT2D eigenvalue weighted by atomic mass is 16.5. The Morgan fingerprint density at radius 3 is 2.70 bits per heavy atom. The predicted molar refractivity (Wildman–Crippen MR) is 90.6 cm³/mol. The minimum atomic E-state index is 0.403. The first-order valence-electron chi connectivity index (χ1n) is 6.88. The van der Waals surface area contributed by atoms with Crippen LogP contribution >= 0.6 is 0 Å². The molecule has 0 atom stereocenters. The fraction of sp³-hybridized carbons (Fsp3) is 0.176. The molecule has 0 unspecified atom stereocenters. The highest BCUT2D eigenvalue weighted by Crippen LogP contribution is 2.22. The Morgan fingerprint density at radius 2 is 2.13 bits per heavy atom. The number of nitrogens with one attached hydrogen (secondary N) is 2. The second kappa shape index (κ2) is 9.82. The zero-order chi connectivity index (χ0) is 17.1. The highest BCUT2D eigenvalue weighted by molar-refractivity contribution is 5.58. The molecule has 2 rings (SSSR count). The van der Waals surface area contributed by atoms with Crippen LogP contribution in [0.1, 0.15) is 16.8 Å². The zero-order valence-electron chi connectivity index (χ0n) is 13.2. The Kier molecular flexibility index (Phi) is 7.69. The summed E-state index contributed by atoms with van der Waals surface area (Å²) in [5, 5.41) is 3.13. The molecule has 0 aliphatic heterocycles. The van der Waals surface area contributed by atoms with Gasteiger partial charge in [-0.25, -0.2) is 5.84 Å². The van der Waals surface area contributed by atoms with Crippen LogP contribution in [0, 0.1) is 19.3 Å². The number of benzene rings is 1. The third-order valence-electron chi connectivity index (χ3n) is 3.00. The molecule has 120 valence electrons. The van der Waals surface area contributed by atoms with Gasteiger partial charge < -0.3 is 10.1 Å². The third kappa shape index (κ3) is 5.34. The van der Waals surface area contributed by atoms with Crippen LogP contribution in [-0.2, 0) is 11.4 Å². The summed E-state index contributed by atoms with van der Waals surface area (Å²) >= 11 is 0. The van der Waals surface area contributed by atoms with Crippen molar-refractivity contribution in [1.82, 2.24) is 10.4 Å². The van der Waals surface area contributed by atoms with Gasteiger partial charge in [-0.15, -0.1) is 6.42 Å². The lowest BCUT2D eigenvalue weighted by molar-refractivity contribution is -0.109. The maximum absolute atomic E-state index is 8.94. The Hall–Kier alpha value is -3.04. The fourth-order valence-electron chi connectivity index (χ4n) is 1.88. The van der Waals surface area contributed by atoms with Crippen molar-refractivity contribution >= 4 is 12.1 Å². The van der Waals surface area contributed by atoms with Crippen LogP contribution in [0.2, 0.25) is 0 Å². The highest BCUT2D eigenvalue weighted by Gasteiger charge is 2.08. The largest absolute Gasteiger partial charge is 0.487 e. The van der Waals surface area contributed by atoms with E-state index in [-0.39, 0.29) is 0 Å². The quantitative estimate of drug-likeness (QED) is 0.256. The number of terminal acetylenes is 1. The average Bonchev–Trinajstić information content (AvgIpc) is 2.60. The van der Waals surface area contributed by atoms with E-state index >= 15 is 0 Å². The van der Waals surface area contributed by atoms with Crippen molar-refractivity contribution in [2.24, 2.45) is 5.84 Å². The predicted octanol–water partition coefficient (Wildman–Crippen LogP) is 1.60. The number of ether oxygens (including phenoxy) is 1. The van der Waals surface area contributed by atoms with Gasteiger partial charge in [0.25, 0.3) is 0 Å². The molecule has 6 heteroatoms. The van der Waals surface area contributed by atoms with Gasteiger partial charge in [0.15, 0.2) is 0 Å². The molecule has 6 nitrogen and oxygen atoms in total. The maximum atomic E-state index is 8.94. The van der Waals surface area contributed by atoms with Crippen molar-refractivity contribution in [2.75, 3.05) is 12.4 Å². The molecule has 0 fully saturated rings. The summed E-state index contributed by atoms with van der Waals surface area (Å²) in [6.07, 6.45) is 7.68. The van der Waals surface area contributed by atoms with Crippen molar-refractivity contribution in [3.8, 4) is 18.1 Å². The molecular formula is C17H20N4O2. The zero-order valence-corrected chi connectivity index (χ0v) is 13.2. The fourth-order valence-corrected chi connectivity index (χ4v) is 1.88. The average molecular weight is 312 g/mol. The lowest BCUT2D eigenvalue weighted by Gasteiger charge is -2.13. The SMILES string of the molecule is C#Cc1cccc(NC)c1COc1cccnc1C.NNC=O. The molecule has 4 N–H and O–H groups in total. The first kappa shape index (κ1) is 18.0. The van der Waals surface area contributed by atoms with Crippen molar-refractivity contribution < 1.29 is 9.53 Å². The van der Waals surface area contributed by atoms with Gasteiger partial charge in [0.1, 0.15) is 12.4 Å². The van der Waals surface area contributed by atoms with Crippen LogP contribution in [0.3, 0.4) is 0 Å². The summed E-state index contributed by atoms with van der Waals surface area (Å²) in [6, 6.07) is 9.58. The lowest BCUT2D eigenvalue weighted by Crippen LogP contribution is -2.18. The number of rotatable bonds is 5. The van der Waals surface area contributed by atoms with Gasteiger partial charge in [0.2, 0.25) is 6.41 Å². The second-order valence-corrected chi connectivity index (χ2v) is 4.39. The monoisotopic (exact) mass is 312 g/mol. The molecular weight excluding hydrogens is 292 g/mol. The normalized spacial score (nSPS) is 8.96. The van der Waals surface area contributed by atoms with Gasteiger partial charge in [-0.05, 0) is 31.2 Å². The van der Waals surface area contributed by atoms with Crippen LogP contribution in [0.15, 0.2) is 36.5 Å². The number of nitrogens with zero attached hydrogens (tertiary/aromatic N) is 1. The Morgan fingerprint density at radius 1 is 1.39 bits per heavy atom. The third-order valence-corrected chi connectivity index (χ3v) is 3.00. The summed E-state index contributed by atoms with van der Waals surface area (Å²) in [5.41, 5.74) is 5.42. The molecule has 0 saturated carbocycles. The van der Waals surface area contributed by atoms with Gasteiger partial charge in [-0.1, -0.05) is 12.0 Å². The minimum Gasteiger partial charge on any atom is -0.487 e. The molecule has 0 spiro atoms. The van der Waals surface area contributed by atoms with Crippen LogP contribution in [-0.4, -0.2) is 18.4 Å². The van der Waals surface area contributed by atoms with E-state index in [4.69, 9.17) is 16.0 Å². The molecule has 1 aromatic heterocycles. The van der Waals surface area contributed by atoms with Crippen LogP contribution in [0.5, 0.6) is 5.75 Å². The van der Waals surface area contributed by atoms with E-state index in [1.54, 1.807) is 11.6 Å². The summed E-state index contributed by atoms with van der Waals surface area (Å²) in [4.78, 5) is 13.1. The summed E-state index contributed by atoms with van der Waals surface area (Å²) in [7, 11) is 1.87. The van der Waals surface area contributed by atoms with E-state index in [0.717, 1.165) is 28.3 Å². The molecule has 1 aromatic carbocycles. The number of aromatic nitrogens is 1. The minimum absolute atomic E-state index is 0.403. The Balaban J connectivity index is 0.000000593. The molecule has 2 aromatic rings. The van der Waals surface area contributed by atoms with E-state index < -0.39 is 0 Å². The number of hydrogen-bond acceptors (Lipinski definition) is 5. The maximum Gasteiger partial charge on any atom is 0.221 e. The number of hydrogen-bond donors (Lipinski definition) is 3. The second-order valence-electron chi connectivity index (χ2n) is 4.39. The van der Waals surface area contributed by atoms with Crippen LogP contribution in [0.25, 0.3) is 0 Å². The number of carbonyl (C=O) groups excluding carboxylic acids is 1. The number of anilines is 1. The van der Waals surface area contributed by atoms with Gasteiger partial charge in [-0.3, -0.25) is 15.2 Å². The molecule has 0 aliphatic rings. The lowest BCUT2D eigenvalue weighted by atomic mass is 10.1. The molecule has 0 saturated heterocycles. The number of nitrogens with two attached hydrogens (primary N) is 1. The van der Waals surface area contributed by atoms with Gasteiger partial charge in [-0.2, -0.15) is 0 Å². The van der Waals surface area contributed by atoms with Crippen molar-refractivity contribution in [3.05, 3.63) is 53.3 Å². The van der Waals surface area contributed by atoms with Crippen LogP contribution in [0.4, 0.5) is 5.69 Å². The number of hydrazine groups is 1. The first-order chi connectivity index (χ1) is 11.2. The smallest absolute Gasteiger partial charge is 0.221 e. The van der Waals surface area contributed by atoms with E-state index in [2.05, 4.69) is 22.1 Å². The van der Waals surface area contributed by atoms with E-state index in [9.17, 15) is 0 Å². The van der Waals surface area contributed by atoms with Crippen LogP contribution < -0.4 is 21.3 Å². The molecule has 0 aliphatic carbocycles. The standard InChI is InChI=1S/C16H16N2O.CH4N2O/c1-4-13-7-5-8-15(17-3)14(13)11-19-16-9-6-10-18-12(16)2;2-3-1-4/h1,5-10,17H,11H2,2-3H3;1H,2H2,(H,3,4). The van der Waals surface area contributed by atoms with Gasteiger partial charge in [0, 0.05) is 30.1 Å². The van der Waals surface area contributed by atoms with E-state index in [0.29, 0.717) is 13.0 Å². The van der Waals surface area contributed by atoms with Crippen molar-refractivity contribution in [3.63, 3.8) is 0 Å². The van der Waals surface area contributed by atoms with E-state index in [1.807, 2.05) is 44.3 Å². The van der Waals surface area contributed by atoms with E-state index in [1.165, 1.54) is 0 Å². The first-order valence-corrected chi connectivity index (χ1v) is 6.88.